The zero-order valence-corrected chi connectivity index (χ0v) is 18.3. The van der Waals surface area contributed by atoms with Crippen LogP contribution in [0.5, 0.6) is 0 Å². The summed E-state index contributed by atoms with van der Waals surface area (Å²) in [4.78, 5) is 23.1. The van der Waals surface area contributed by atoms with Crippen molar-refractivity contribution in [2.24, 2.45) is 4.99 Å². The summed E-state index contributed by atoms with van der Waals surface area (Å²) in [6.07, 6.45) is 4.28. The largest absolute Gasteiger partial charge is 0.444 e. The molecule has 1 amide bonds. The van der Waals surface area contributed by atoms with Gasteiger partial charge in [0.1, 0.15) is 11.4 Å². The standard InChI is InChI=1S/C22H32N6O2/c1-22(2,3)30-21(29)26-18-10-12-28(16-18)20(23-4)25-14-19-24-11-13-27(19)15-17-8-6-5-7-9-17/h5-9,11,13,18H,10,12,14-16H2,1-4H3,(H,23,25)(H,26,29). The van der Waals surface area contributed by atoms with Crippen molar-refractivity contribution < 1.29 is 9.53 Å². The van der Waals surface area contributed by atoms with E-state index >= 15 is 0 Å². The molecule has 0 radical (unpaired) electrons. The van der Waals surface area contributed by atoms with E-state index in [1.54, 1.807) is 7.05 Å². The topological polar surface area (TPSA) is 83.8 Å². The fourth-order valence-electron chi connectivity index (χ4n) is 3.47. The molecule has 1 atom stereocenters. The number of carbonyl (C=O) groups excluding carboxylic acids is 1. The molecule has 2 N–H and O–H groups in total. The number of ether oxygens (including phenoxy) is 1. The van der Waals surface area contributed by atoms with Gasteiger partial charge in [-0.2, -0.15) is 0 Å². The lowest BCUT2D eigenvalue weighted by Crippen LogP contribution is -2.44. The van der Waals surface area contributed by atoms with Crippen molar-refractivity contribution in [1.82, 2.24) is 25.1 Å². The maximum absolute atomic E-state index is 12.0. The second-order valence-corrected chi connectivity index (χ2v) is 8.44. The Labute approximate surface area is 178 Å². The fraction of sp³-hybridized carbons (Fsp3) is 0.500. The highest BCUT2D eigenvalue weighted by molar-refractivity contribution is 5.80. The number of hydrogen-bond acceptors (Lipinski definition) is 4. The van der Waals surface area contributed by atoms with Crippen LogP contribution in [0.2, 0.25) is 0 Å². The number of nitrogens with one attached hydrogen (secondary N) is 2. The first kappa shape index (κ1) is 21.7. The van der Waals surface area contributed by atoms with Gasteiger partial charge >= 0.3 is 6.09 Å². The maximum Gasteiger partial charge on any atom is 0.407 e. The third kappa shape index (κ3) is 6.23. The average Bonchev–Trinajstić information content (AvgIpc) is 3.31. The first-order valence-electron chi connectivity index (χ1n) is 10.3. The Morgan fingerprint density at radius 1 is 1.30 bits per heavy atom. The molecule has 0 saturated carbocycles. The molecule has 8 heteroatoms. The zero-order valence-electron chi connectivity index (χ0n) is 18.3. The van der Waals surface area contributed by atoms with E-state index in [1.807, 2.05) is 51.4 Å². The second kappa shape index (κ2) is 9.65. The van der Waals surface area contributed by atoms with Gasteiger partial charge in [0.2, 0.25) is 0 Å². The van der Waals surface area contributed by atoms with Gasteiger partial charge in [0, 0.05) is 39.1 Å². The number of hydrogen-bond donors (Lipinski definition) is 2. The van der Waals surface area contributed by atoms with Crippen molar-refractivity contribution in [3.8, 4) is 0 Å². The van der Waals surface area contributed by atoms with Gasteiger partial charge in [-0.3, -0.25) is 4.99 Å². The summed E-state index contributed by atoms with van der Waals surface area (Å²) in [6, 6.07) is 10.4. The van der Waals surface area contributed by atoms with Crippen molar-refractivity contribution in [2.75, 3.05) is 20.1 Å². The van der Waals surface area contributed by atoms with Gasteiger partial charge in [-0.15, -0.1) is 0 Å². The van der Waals surface area contributed by atoms with E-state index in [0.29, 0.717) is 13.1 Å². The van der Waals surface area contributed by atoms with Gasteiger partial charge in [-0.25, -0.2) is 9.78 Å². The Morgan fingerprint density at radius 2 is 2.07 bits per heavy atom. The van der Waals surface area contributed by atoms with Crippen LogP contribution in [0.1, 0.15) is 38.6 Å². The van der Waals surface area contributed by atoms with E-state index in [9.17, 15) is 4.79 Å². The predicted octanol–water partition coefficient (Wildman–Crippen LogP) is 2.61. The molecule has 1 unspecified atom stereocenters. The number of likely N-dealkylation sites (tertiary alicyclic amines) is 1. The highest BCUT2D eigenvalue weighted by atomic mass is 16.6. The van der Waals surface area contributed by atoms with Crippen LogP contribution in [0.4, 0.5) is 4.79 Å². The molecule has 1 aromatic heterocycles. The summed E-state index contributed by atoms with van der Waals surface area (Å²) in [5.74, 6) is 1.75. The summed E-state index contributed by atoms with van der Waals surface area (Å²) in [5.41, 5.74) is 0.735. The van der Waals surface area contributed by atoms with Crippen LogP contribution in [0.15, 0.2) is 47.7 Å². The Balaban J connectivity index is 1.51. The summed E-state index contributed by atoms with van der Waals surface area (Å²) >= 11 is 0. The van der Waals surface area contributed by atoms with Crippen LogP contribution in [0.25, 0.3) is 0 Å². The van der Waals surface area contributed by atoms with Crippen molar-refractivity contribution in [3.63, 3.8) is 0 Å². The molecule has 2 aromatic rings. The first-order chi connectivity index (χ1) is 14.3. The molecule has 2 heterocycles. The number of imidazole rings is 1. The Morgan fingerprint density at radius 3 is 2.77 bits per heavy atom. The highest BCUT2D eigenvalue weighted by Crippen LogP contribution is 2.12. The minimum Gasteiger partial charge on any atom is -0.444 e. The molecule has 1 aliphatic heterocycles. The minimum atomic E-state index is -0.498. The Bertz CT molecular complexity index is 856. The molecule has 1 aliphatic rings. The molecule has 0 aliphatic carbocycles. The van der Waals surface area contributed by atoms with Crippen LogP contribution in [-0.2, 0) is 17.8 Å². The molecule has 162 valence electrons. The van der Waals surface area contributed by atoms with Crippen LogP contribution in [-0.4, -0.2) is 58.3 Å². The number of nitrogens with zero attached hydrogens (tertiary/aromatic N) is 4. The van der Waals surface area contributed by atoms with E-state index in [4.69, 9.17) is 4.74 Å². The van der Waals surface area contributed by atoms with Crippen molar-refractivity contribution in [2.45, 2.75) is 51.9 Å². The molecule has 1 fully saturated rings. The SMILES string of the molecule is CN=C(NCc1nccn1Cc1ccccc1)N1CCC(NC(=O)OC(C)(C)C)C1. The lowest BCUT2D eigenvalue weighted by Gasteiger charge is -2.23. The normalized spacial score (nSPS) is 17.1. The number of guanidine groups is 1. The molecule has 0 spiro atoms. The van der Waals surface area contributed by atoms with Crippen molar-refractivity contribution >= 4 is 12.1 Å². The summed E-state index contributed by atoms with van der Waals surface area (Å²) in [7, 11) is 1.77. The van der Waals surface area contributed by atoms with Gasteiger partial charge in [0.15, 0.2) is 5.96 Å². The van der Waals surface area contributed by atoms with E-state index in [1.165, 1.54) is 5.56 Å². The van der Waals surface area contributed by atoms with E-state index in [-0.39, 0.29) is 12.1 Å². The van der Waals surface area contributed by atoms with Crippen molar-refractivity contribution in [3.05, 3.63) is 54.1 Å². The lowest BCUT2D eigenvalue weighted by atomic mass is 10.2. The van der Waals surface area contributed by atoms with Crippen LogP contribution < -0.4 is 10.6 Å². The third-order valence-electron chi connectivity index (χ3n) is 4.82. The molecular formula is C22H32N6O2. The van der Waals surface area contributed by atoms with Crippen LogP contribution in [0, 0.1) is 0 Å². The summed E-state index contributed by atoms with van der Waals surface area (Å²) in [6.45, 7) is 8.45. The number of benzene rings is 1. The van der Waals surface area contributed by atoms with Gasteiger partial charge < -0.3 is 24.8 Å². The lowest BCUT2D eigenvalue weighted by molar-refractivity contribution is 0.0507. The number of rotatable bonds is 5. The summed E-state index contributed by atoms with van der Waals surface area (Å²) < 4.78 is 7.49. The number of carbonyl (C=O) groups is 1. The molecule has 8 nitrogen and oxygen atoms in total. The number of aliphatic imine (C=N–C) groups is 1. The van der Waals surface area contributed by atoms with Gasteiger partial charge in [-0.1, -0.05) is 30.3 Å². The second-order valence-electron chi connectivity index (χ2n) is 8.44. The van der Waals surface area contributed by atoms with Gasteiger partial charge in [0.25, 0.3) is 0 Å². The number of alkyl carbamates (subject to hydrolysis) is 1. The molecule has 1 aromatic carbocycles. The van der Waals surface area contributed by atoms with E-state index in [2.05, 4.69) is 42.2 Å². The van der Waals surface area contributed by atoms with Gasteiger partial charge in [0.05, 0.1) is 12.6 Å². The molecule has 1 saturated heterocycles. The third-order valence-corrected chi connectivity index (χ3v) is 4.82. The van der Waals surface area contributed by atoms with E-state index in [0.717, 1.165) is 31.3 Å². The van der Waals surface area contributed by atoms with Gasteiger partial charge in [-0.05, 0) is 32.8 Å². The Hall–Kier alpha value is -3.03. The van der Waals surface area contributed by atoms with Crippen molar-refractivity contribution in [1.29, 1.82) is 0 Å². The first-order valence-corrected chi connectivity index (χ1v) is 10.3. The zero-order chi connectivity index (χ0) is 21.6. The smallest absolute Gasteiger partial charge is 0.407 e. The highest BCUT2D eigenvalue weighted by Gasteiger charge is 2.27. The average molecular weight is 413 g/mol. The van der Waals surface area contributed by atoms with E-state index < -0.39 is 5.60 Å². The maximum atomic E-state index is 12.0. The number of aromatic nitrogens is 2. The number of amides is 1. The molecule has 3 rings (SSSR count). The minimum absolute atomic E-state index is 0.0402. The molecular weight excluding hydrogens is 380 g/mol. The molecule has 30 heavy (non-hydrogen) atoms. The van der Waals surface area contributed by atoms with Crippen LogP contribution in [0.3, 0.4) is 0 Å². The molecule has 0 bridgehead atoms. The monoisotopic (exact) mass is 412 g/mol. The fourth-order valence-corrected chi connectivity index (χ4v) is 3.47. The quantitative estimate of drug-likeness (QED) is 0.583. The van der Waals surface area contributed by atoms with Crippen LogP contribution >= 0.6 is 0 Å². The Kier molecular flexibility index (Phi) is 6.97. The predicted molar refractivity (Wildman–Crippen MR) is 117 cm³/mol. The summed E-state index contributed by atoms with van der Waals surface area (Å²) in [5, 5.41) is 6.35.